The molecule has 0 aromatic heterocycles. The van der Waals surface area contributed by atoms with Gasteiger partial charge in [-0.1, -0.05) is 48.9 Å². The Morgan fingerprint density at radius 1 is 0.976 bits per heavy atom. The Kier molecular flexibility index (Phi) is 10.6. The maximum atomic E-state index is 13.8. The van der Waals surface area contributed by atoms with Crippen LogP contribution >= 0.6 is 11.6 Å². The van der Waals surface area contributed by atoms with Crippen LogP contribution in [0.3, 0.4) is 0 Å². The Bertz CT molecular complexity index is 1500. The van der Waals surface area contributed by atoms with Crippen molar-refractivity contribution in [2.45, 2.75) is 56.9 Å². The van der Waals surface area contributed by atoms with Gasteiger partial charge in [0.05, 0.1) is 21.2 Å². The fourth-order valence-corrected chi connectivity index (χ4v) is 5.62. The summed E-state index contributed by atoms with van der Waals surface area (Å²) >= 11 is 5.77. The molecule has 0 unspecified atom stereocenters. The molecule has 0 aliphatic rings. The van der Waals surface area contributed by atoms with E-state index in [2.05, 4.69) is 5.32 Å². The van der Waals surface area contributed by atoms with Crippen LogP contribution in [0.25, 0.3) is 0 Å². The minimum Gasteiger partial charge on any atom is -0.352 e. The van der Waals surface area contributed by atoms with Gasteiger partial charge in [0.15, 0.2) is 0 Å². The van der Waals surface area contributed by atoms with Gasteiger partial charge in [-0.15, -0.1) is 0 Å². The molecule has 0 radical (unpaired) electrons. The van der Waals surface area contributed by atoms with Gasteiger partial charge in [-0.05, 0) is 68.3 Å². The highest BCUT2D eigenvalue weighted by molar-refractivity contribution is 7.92. The molecule has 0 bridgehead atoms. The molecule has 0 heterocycles. The summed E-state index contributed by atoms with van der Waals surface area (Å²) in [4.78, 5) is 27.7. The molecule has 0 saturated heterocycles. The number of rotatable bonds is 11. The van der Waals surface area contributed by atoms with Crippen molar-refractivity contribution in [2.24, 2.45) is 0 Å². The number of nitrogens with zero attached hydrogens (tertiary/aromatic N) is 2. The number of hydrogen-bond donors (Lipinski definition) is 1. The number of hydrogen-bond acceptors (Lipinski definition) is 4. The smallest absolute Gasteiger partial charge is 0.352 e. The number of alkyl halides is 3. The average molecular weight is 628 g/mol. The van der Waals surface area contributed by atoms with Crippen molar-refractivity contribution in [1.82, 2.24) is 10.2 Å². The number of nitrogens with one attached hydrogen (secondary N) is 1. The Labute approximate surface area is 247 Å². The van der Waals surface area contributed by atoms with Crippen molar-refractivity contribution >= 4 is 39.1 Å². The molecule has 0 aliphatic heterocycles. The molecule has 2 amide bonds. The molecule has 13 heteroatoms. The molecule has 0 saturated carbocycles. The number of amides is 2. The third-order valence-corrected chi connectivity index (χ3v) is 8.71. The van der Waals surface area contributed by atoms with Crippen molar-refractivity contribution in [3.8, 4) is 0 Å². The summed E-state index contributed by atoms with van der Waals surface area (Å²) in [7, 11) is -4.58. The zero-order chi connectivity index (χ0) is 31.2. The first kappa shape index (κ1) is 32.9. The topological polar surface area (TPSA) is 86.8 Å². The number of carbonyl (C=O) groups is 2. The molecule has 1 N–H and O–H groups in total. The minimum atomic E-state index is -4.91. The van der Waals surface area contributed by atoms with Gasteiger partial charge in [0.25, 0.3) is 10.0 Å². The zero-order valence-electron chi connectivity index (χ0n) is 23.0. The summed E-state index contributed by atoms with van der Waals surface area (Å²) in [6.07, 6.45) is -4.30. The van der Waals surface area contributed by atoms with Crippen LogP contribution in [-0.4, -0.2) is 43.8 Å². The molecular weight excluding hydrogens is 598 g/mol. The van der Waals surface area contributed by atoms with Gasteiger partial charge in [-0.3, -0.25) is 13.9 Å². The third-order valence-electron chi connectivity index (χ3n) is 6.59. The van der Waals surface area contributed by atoms with Crippen molar-refractivity contribution in [1.29, 1.82) is 0 Å². The molecule has 3 aromatic carbocycles. The van der Waals surface area contributed by atoms with Gasteiger partial charge in [0.1, 0.15) is 18.4 Å². The molecule has 0 aliphatic carbocycles. The molecule has 226 valence electrons. The third kappa shape index (κ3) is 8.01. The van der Waals surface area contributed by atoms with E-state index in [1.807, 2.05) is 6.92 Å². The van der Waals surface area contributed by atoms with Gasteiger partial charge in [0, 0.05) is 12.6 Å². The number of halogens is 5. The van der Waals surface area contributed by atoms with E-state index in [-0.39, 0.29) is 17.5 Å². The summed E-state index contributed by atoms with van der Waals surface area (Å²) in [5.41, 5.74) is -1.30. The van der Waals surface area contributed by atoms with Gasteiger partial charge < -0.3 is 10.2 Å². The van der Waals surface area contributed by atoms with E-state index in [0.29, 0.717) is 22.4 Å². The normalized spacial score (nSPS) is 13.2. The van der Waals surface area contributed by atoms with Gasteiger partial charge >= 0.3 is 6.18 Å². The number of sulfonamides is 1. The fraction of sp³-hybridized carbons (Fsp3) is 0.310. The second kappa shape index (κ2) is 13.6. The average Bonchev–Trinajstić information content (AvgIpc) is 2.95. The molecule has 0 fully saturated rings. The number of anilines is 1. The molecule has 42 heavy (non-hydrogen) atoms. The Hall–Kier alpha value is -3.64. The van der Waals surface area contributed by atoms with Crippen LogP contribution in [0.2, 0.25) is 5.02 Å². The maximum Gasteiger partial charge on any atom is 0.417 e. The summed E-state index contributed by atoms with van der Waals surface area (Å²) < 4.78 is 82.7. The molecule has 3 aromatic rings. The van der Waals surface area contributed by atoms with Crippen LogP contribution in [-0.2, 0) is 32.3 Å². The van der Waals surface area contributed by atoms with Crippen LogP contribution in [0.1, 0.15) is 38.3 Å². The Morgan fingerprint density at radius 3 is 2.17 bits per heavy atom. The zero-order valence-corrected chi connectivity index (χ0v) is 24.6. The lowest BCUT2D eigenvalue weighted by Gasteiger charge is -2.32. The SMILES string of the molecule is CC[C@@H](C)NC(=O)[C@H](C)N(Cc1ccc(F)cc1)C(=O)CN(c1ccc(Cl)c(C(F)(F)F)c1)S(=O)(=O)c1ccccc1. The highest BCUT2D eigenvalue weighted by Crippen LogP contribution is 2.38. The van der Waals surface area contributed by atoms with E-state index in [0.717, 1.165) is 17.0 Å². The van der Waals surface area contributed by atoms with Crippen molar-refractivity contribution < 1.29 is 35.6 Å². The summed E-state index contributed by atoms with van der Waals surface area (Å²) in [6.45, 7) is 3.91. The molecular formula is C29H30ClF4N3O4S. The lowest BCUT2D eigenvalue weighted by molar-refractivity contribution is -0.139. The fourth-order valence-electron chi connectivity index (χ4n) is 3.97. The molecule has 2 atom stereocenters. The first-order valence-corrected chi connectivity index (χ1v) is 14.8. The van der Waals surface area contributed by atoms with Crippen LogP contribution in [0.4, 0.5) is 23.2 Å². The molecule has 3 rings (SSSR count). The predicted octanol–water partition coefficient (Wildman–Crippen LogP) is 6.03. The van der Waals surface area contributed by atoms with Crippen LogP contribution in [0.5, 0.6) is 0 Å². The predicted molar refractivity (Wildman–Crippen MR) is 152 cm³/mol. The van der Waals surface area contributed by atoms with E-state index < -0.39 is 62.7 Å². The summed E-state index contributed by atoms with van der Waals surface area (Å²) in [5.74, 6) is -1.93. The number of carbonyl (C=O) groups excluding carboxylic acids is 2. The van der Waals surface area contributed by atoms with E-state index in [9.17, 15) is 35.6 Å². The minimum absolute atomic E-state index is 0.206. The Morgan fingerprint density at radius 2 is 1.60 bits per heavy atom. The lowest BCUT2D eigenvalue weighted by Crippen LogP contribution is -2.52. The first-order valence-electron chi connectivity index (χ1n) is 12.9. The molecule has 0 spiro atoms. The largest absolute Gasteiger partial charge is 0.417 e. The lowest BCUT2D eigenvalue weighted by atomic mass is 10.1. The van der Waals surface area contributed by atoms with Crippen LogP contribution < -0.4 is 9.62 Å². The highest BCUT2D eigenvalue weighted by atomic mass is 35.5. The standard InChI is InChI=1S/C29H30ClF4N3O4S/c1-4-19(2)35-28(39)20(3)36(17-21-10-12-22(31)13-11-21)27(38)18-37(42(40,41)24-8-6-5-7-9-24)23-14-15-26(30)25(16-23)29(32,33)34/h5-16,19-20H,4,17-18H2,1-3H3,(H,35,39)/t19-,20+/m1/s1. The second-order valence-corrected chi connectivity index (χ2v) is 11.9. The highest BCUT2D eigenvalue weighted by Gasteiger charge is 2.37. The second-order valence-electron chi connectivity index (χ2n) is 9.63. The van der Waals surface area contributed by atoms with Crippen LogP contribution in [0, 0.1) is 5.82 Å². The van der Waals surface area contributed by atoms with Gasteiger partial charge in [0.2, 0.25) is 11.8 Å². The van der Waals surface area contributed by atoms with Crippen molar-refractivity contribution in [2.75, 3.05) is 10.8 Å². The van der Waals surface area contributed by atoms with E-state index >= 15 is 0 Å². The van der Waals surface area contributed by atoms with Crippen molar-refractivity contribution in [3.05, 3.63) is 94.8 Å². The van der Waals surface area contributed by atoms with E-state index in [1.165, 1.54) is 55.5 Å². The first-order chi connectivity index (χ1) is 19.6. The summed E-state index contributed by atoms with van der Waals surface area (Å²) in [5, 5.41) is 2.12. The van der Waals surface area contributed by atoms with Crippen molar-refractivity contribution in [3.63, 3.8) is 0 Å². The quantitative estimate of drug-likeness (QED) is 0.263. The summed E-state index contributed by atoms with van der Waals surface area (Å²) in [6, 6.07) is 13.2. The van der Waals surface area contributed by atoms with E-state index in [1.54, 1.807) is 13.0 Å². The van der Waals surface area contributed by atoms with Gasteiger partial charge in [-0.25, -0.2) is 12.8 Å². The monoisotopic (exact) mass is 627 g/mol. The molecule has 7 nitrogen and oxygen atoms in total. The van der Waals surface area contributed by atoms with Gasteiger partial charge in [-0.2, -0.15) is 13.2 Å². The van der Waals surface area contributed by atoms with E-state index in [4.69, 9.17) is 11.6 Å². The maximum absolute atomic E-state index is 13.8. The van der Waals surface area contributed by atoms with Crippen LogP contribution in [0.15, 0.2) is 77.7 Å². The Balaban J connectivity index is 2.10. The number of benzene rings is 3.